The molecule has 0 fully saturated rings. The first-order valence-corrected chi connectivity index (χ1v) is 4.54. The van der Waals surface area contributed by atoms with Gasteiger partial charge in [-0.05, 0) is 6.92 Å². The summed E-state index contributed by atoms with van der Waals surface area (Å²) < 4.78 is 34.3. The van der Waals surface area contributed by atoms with Crippen LogP contribution in [0.15, 0.2) is 0 Å². The van der Waals surface area contributed by atoms with Gasteiger partial charge in [0, 0.05) is 0 Å². The summed E-state index contributed by atoms with van der Waals surface area (Å²) in [5, 5.41) is -0.0884. The summed E-state index contributed by atoms with van der Waals surface area (Å²) in [5.41, 5.74) is 0. The van der Waals surface area contributed by atoms with Crippen molar-refractivity contribution < 1.29 is 78.7 Å². The van der Waals surface area contributed by atoms with Crippen LogP contribution in [-0.4, -0.2) is 37.3 Å². The van der Waals surface area contributed by atoms with E-state index in [0.717, 1.165) is 7.11 Å². The predicted octanol–water partition coefficient (Wildman–Crippen LogP) is -4.19. The van der Waals surface area contributed by atoms with Crippen LogP contribution in [0.5, 0.6) is 0 Å². The van der Waals surface area contributed by atoms with E-state index in [2.05, 4.69) is 4.74 Å². The van der Waals surface area contributed by atoms with E-state index in [0.29, 0.717) is 0 Å². The first kappa shape index (κ1) is 16.9. The van der Waals surface area contributed by atoms with Crippen molar-refractivity contribution in [3.63, 3.8) is 0 Å². The Morgan fingerprint density at radius 3 is 2.14 bits per heavy atom. The number of rotatable bonds is 2. The van der Waals surface area contributed by atoms with Gasteiger partial charge in [-0.25, -0.2) is 13.2 Å². The molecule has 0 aromatic heterocycles. The quantitative estimate of drug-likeness (QED) is 0.302. The molecule has 0 saturated heterocycles. The average molecular weight is 249 g/mol. The molecule has 0 rings (SSSR count). The van der Waals surface area contributed by atoms with Crippen LogP contribution < -0.4 is 56.7 Å². The number of hydrogen-bond donors (Lipinski definition) is 1. The summed E-state index contributed by atoms with van der Waals surface area (Å²) in [6, 6.07) is -1.17. The molecule has 0 aliphatic rings. The van der Waals surface area contributed by atoms with Crippen LogP contribution in [0.2, 0.25) is 0 Å². The topological polar surface area (TPSA) is 113 Å². The average Bonchev–Trinajstić information content (AvgIpc) is 2.01. The number of amides is 1. The molecule has 0 aliphatic heterocycles. The van der Waals surface area contributed by atoms with Crippen LogP contribution in [0, 0.1) is 0 Å². The van der Waals surface area contributed by atoms with Gasteiger partial charge in [0.2, 0.25) is 0 Å². The monoisotopic (exact) mass is 249 g/mol. The number of carbonyl (C=O) groups is 2. The minimum Gasteiger partial charge on any atom is -0.740 e. The zero-order valence-corrected chi connectivity index (χ0v) is 11.9. The fraction of sp³-hybridized carbons (Fsp3) is 0.600. The normalized spacial score (nSPS) is 12.2. The van der Waals surface area contributed by atoms with Gasteiger partial charge in [-0.2, -0.15) is 0 Å². The molecule has 0 radical (unpaired) electrons. The van der Waals surface area contributed by atoms with Crippen LogP contribution in [0.25, 0.3) is 0 Å². The molecule has 9 heteroatoms. The SMILES string of the molecule is COC(=O)C(C)NC(=O)S(=O)(=O)[O-].[K+]. The smallest absolute Gasteiger partial charge is 0.740 e. The molecule has 0 spiro atoms. The molecule has 7 nitrogen and oxygen atoms in total. The fourth-order valence-corrected chi connectivity index (χ4v) is 0.806. The third-order valence-corrected chi connectivity index (χ3v) is 1.69. The van der Waals surface area contributed by atoms with Crippen LogP contribution >= 0.6 is 0 Å². The summed E-state index contributed by atoms with van der Waals surface area (Å²) in [6.45, 7) is 1.19. The van der Waals surface area contributed by atoms with Crippen LogP contribution in [0.3, 0.4) is 0 Å². The zero-order valence-electron chi connectivity index (χ0n) is 7.94. The van der Waals surface area contributed by atoms with E-state index >= 15 is 0 Å². The Morgan fingerprint density at radius 1 is 1.43 bits per heavy atom. The van der Waals surface area contributed by atoms with Crippen molar-refractivity contribution in [3.05, 3.63) is 0 Å². The van der Waals surface area contributed by atoms with Gasteiger partial charge in [-0.1, -0.05) is 0 Å². The maximum absolute atomic E-state index is 10.6. The second-order valence-corrected chi connectivity index (χ2v) is 3.41. The molecular weight excluding hydrogens is 241 g/mol. The number of nitrogens with one attached hydrogen (secondary N) is 1. The zero-order chi connectivity index (χ0) is 10.6. The van der Waals surface area contributed by atoms with Gasteiger partial charge >= 0.3 is 62.6 Å². The summed E-state index contributed by atoms with van der Waals surface area (Å²) >= 11 is 0. The van der Waals surface area contributed by atoms with Crippen LogP contribution in [-0.2, 0) is 19.6 Å². The van der Waals surface area contributed by atoms with Crippen molar-refractivity contribution in [2.75, 3.05) is 7.11 Å². The maximum Gasteiger partial charge on any atom is 1.00 e. The van der Waals surface area contributed by atoms with Gasteiger partial charge in [0.15, 0.2) is 10.1 Å². The maximum atomic E-state index is 10.6. The minimum absolute atomic E-state index is 0. The Labute approximate surface area is 124 Å². The predicted molar refractivity (Wildman–Crippen MR) is 39.7 cm³/mol. The van der Waals surface area contributed by atoms with Gasteiger partial charge in [0.05, 0.1) is 7.11 Å². The summed E-state index contributed by atoms with van der Waals surface area (Å²) in [4.78, 5) is 21.1. The van der Waals surface area contributed by atoms with E-state index in [9.17, 15) is 22.6 Å². The minimum atomic E-state index is -5.05. The van der Waals surface area contributed by atoms with E-state index in [-0.39, 0.29) is 51.4 Å². The van der Waals surface area contributed by atoms with E-state index in [1.807, 2.05) is 0 Å². The number of ether oxygens (including phenoxy) is 1. The molecule has 0 aliphatic carbocycles. The number of carbonyl (C=O) groups excluding carboxylic acids is 2. The first-order valence-electron chi connectivity index (χ1n) is 3.13. The van der Waals surface area contributed by atoms with Crippen LogP contribution in [0.1, 0.15) is 6.92 Å². The molecular formula is C5H8KNO6S. The Balaban J connectivity index is 0. The van der Waals surface area contributed by atoms with Crippen molar-refractivity contribution in [1.82, 2.24) is 5.32 Å². The van der Waals surface area contributed by atoms with Gasteiger partial charge in [0.25, 0.3) is 0 Å². The molecule has 0 heterocycles. The van der Waals surface area contributed by atoms with Crippen molar-refractivity contribution in [3.8, 4) is 0 Å². The molecule has 0 aromatic carbocycles. The Morgan fingerprint density at radius 2 is 1.86 bits per heavy atom. The second-order valence-electron chi connectivity index (χ2n) is 2.13. The van der Waals surface area contributed by atoms with Crippen LogP contribution in [0.4, 0.5) is 4.79 Å². The Hall–Kier alpha value is 0.486. The van der Waals surface area contributed by atoms with E-state index in [1.165, 1.54) is 6.92 Å². The van der Waals surface area contributed by atoms with Crippen molar-refractivity contribution in [1.29, 1.82) is 0 Å². The number of methoxy groups -OCH3 is 1. The van der Waals surface area contributed by atoms with Gasteiger partial charge < -0.3 is 14.6 Å². The third kappa shape index (κ3) is 6.06. The largest absolute Gasteiger partial charge is 1.00 e. The molecule has 1 amide bonds. The molecule has 14 heavy (non-hydrogen) atoms. The standard InChI is InChI=1S/C5H9NO6S.K/c1-3(4(7)12-2)6-5(8)13(9,10)11;/h3H,1-2H3,(H,6,8)(H,9,10,11);/q;+1/p-1. The molecule has 76 valence electrons. The van der Waals surface area contributed by atoms with E-state index < -0.39 is 27.4 Å². The molecule has 1 N–H and O–H groups in total. The van der Waals surface area contributed by atoms with Crippen molar-refractivity contribution in [2.45, 2.75) is 13.0 Å². The van der Waals surface area contributed by atoms with Gasteiger partial charge in [0.1, 0.15) is 6.04 Å². The van der Waals surface area contributed by atoms with Gasteiger partial charge in [-0.3, -0.25) is 4.79 Å². The molecule has 1 atom stereocenters. The van der Waals surface area contributed by atoms with Gasteiger partial charge in [-0.15, -0.1) is 0 Å². The number of esters is 1. The fourth-order valence-electron chi connectivity index (χ4n) is 0.485. The van der Waals surface area contributed by atoms with Crippen molar-refractivity contribution in [2.24, 2.45) is 0 Å². The molecule has 1 unspecified atom stereocenters. The Bertz CT molecular complexity index is 312. The summed E-state index contributed by atoms with van der Waals surface area (Å²) in [5.74, 6) is -0.836. The first-order chi connectivity index (χ1) is 5.79. The molecule has 0 saturated carbocycles. The van der Waals surface area contributed by atoms with E-state index in [4.69, 9.17) is 0 Å². The molecule has 0 bridgehead atoms. The number of hydrogen-bond acceptors (Lipinski definition) is 6. The van der Waals surface area contributed by atoms with Crippen molar-refractivity contribution >= 4 is 21.3 Å². The Kier molecular flexibility index (Phi) is 8.30. The third-order valence-electron chi connectivity index (χ3n) is 1.12. The second kappa shape index (κ2) is 6.88. The molecule has 0 aromatic rings. The summed E-state index contributed by atoms with van der Waals surface area (Å²) in [6.07, 6.45) is 0. The summed E-state index contributed by atoms with van der Waals surface area (Å²) in [7, 11) is -3.98. The van der Waals surface area contributed by atoms with E-state index in [1.54, 1.807) is 5.32 Å².